The fourth-order valence-electron chi connectivity index (χ4n) is 4.27. The Morgan fingerprint density at radius 1 is 1.25 bits per heavy atom. The molecule has 0 bridgehead atoms. The molecule has 3 aromatic rings. The highest BCUT2D eigenvalue weighted by molar-refractivity contribution is 8.00. The van der Waals surface area contributed by atoms with Gasteiger partial charge in [-0.3, -0.25) is 9.59 Å². The second-order valence-corrected chi connectivity index (χ2v) is 9.31. The minimum absolute atomic E-state index is 0.0398. The SMILES string of the molecule is O=C1NC(C(=O)N2CC=C(c3c[nH]c4ncccc34)CC2)CSC1Cc1ccc(F)cc1. The molecule has 8 heteroatoms. The van der Waals surface area contributed by atoms with E-state index < -0.39 is 6.04 Å². The predicted molar refractivity (Wildman–Crippen MR) is 124 cm³/mol. The number of amides is 2. The molecule has 0 spiro atoms. The Morgan fingerprint density at radius 3 is 2.84 bits per heavy atom. The molecule has 164 valence electrons. The summed E-state index contributed by atoms with van der Waals surface area (Å²) in [6.45, 7) is 1.14. The topological polar surface area (TPSA) is 78.1 Å². The molecule has 2 unspecified atom stereocenters. The normalized spacial score (nSPS) is 21.3. The molecule has 5 rings (SSSR count). The molecule has 2 aliphatic heterocycles. The summed E-state index contributed by atoms with van der Waals surface area (Å²) in [5.74, 6) is 0.0724. The molecule has 2 atom stereocenters. The van der Waals surface area contributed by atoms with Gasteiger partial charge in [-0.25, -0.2) is 9.37 Å². The molecule has 4 heterocycles. The molecule has 0 aliphatic carbocycles. The summed E-state index contributed by atoms with van der Waals surface area (Å²) < 4.78 is 13.1. The highest BCUT2D eigenvalue weighted by Gasteiger charge is 2.35. The van der Waals surface area contributed by atoms with Crippen LogP contribution in [0.15, 0.2) is 54.9 Å². The molecule has 1 fully saturated rings. The van der Waals surface area contributed by atoms with Crippen LogP contribution in [0.25, 0.3) is 16.6 Å². The van der Waals surface area contributed by atoms with E-state index in [2.05, 4.69) is 21.4 Å². The van der Waals surface area contributed by atoms with Crippen molar-refractivity contribution < 1.29 is 14.0 Å². The standard InChI is InChI=1S/C24H23FN4O2S/c25-17-5-3-15(4-6-17)12-21-23(30)28-20(14-32-21)24(31)29-10-7-16(8-11-29)19-13-27-22-18(19)2-1-9-26-22/h1-7,9,13,20-21H,8,10-12,14H2,(H,26,27)(H,28,30). The lowest BCUT2D eigenvalue weighted by atomic mass is 9.99. The second-order valence-electron chi connectivity index (χ2n) is 8.08. The highest BCUT2D eigenvalue weighted by atomic mass is 32.2. The van der Waals surface area contributed by atoms with Gasteiger partial charge in [0.25, 0.3) is 0 Å². The van der Waals surface area contributed by atoms with E-state index in [0.717, 1.165) is 28.6 Å². The number of carbonyl (C=O) groups is 2. The first-order chi connectivity index (χ1) is 15.6. The van der Waals surface area contributed by atoms with E-state index in [1.165, 1.54) is 29.5 Å². The van der Waals surface area contributed by atoms with Gasteiger partial charge in [-0.15, -0.1) is 11.8 Å². The number of aromatic amines is 1. The third-order valence-electron chi connectivity index (χ3n) is 6.02. The number of benzene rings is 1. The molecule has 32 heavy (non-hydrogen) atoms. The van der Waals surface area contributed by atoms with Crippen LogP contribution < -0.4 is 5.32 Å². The van der Waals surface area contributed by atoms with Crippen LogP contribution in [0, 0.1) is 5.82 Å². The van der Waals surface area contributed by atoms with Crippen molar-refractivity contribution in [2.24, 2.45) is 0 Å². The zero-order valence-corrected chi connectivity index (χ0v) is 18.2. The number of halogens is 1. The number of aromatic nitrogens is 2. The molecular formula is C24H23FN4O2S. The quantitative estimate of drug-likeness (QED) is 0.640. The summed E-state index contributed by atoms with van der Waals surface area (Å²) in [6.07, 6.45) is 7.10. The Kier molecular flexibility index (Phi) is 5.70. The van der Waals surface area contributed by atoms with Crippen molar-refractivity contribution in [3.8, 4) is 0 Å². The number of nitrogens with zero attached hydrogens (tertiary/aromatic N) is 2. The Hall–Kier alpha value is -3.13. The zero-order chi connectivity index (χ0) is 22.1. The largest absolute Gasteiger partial charge is 0.346 e. The van der Waals surface area contributed by atoms with Crippen molar-refractivity contribution in [2.75, 3.05) is 18.8 Å². The Balaban J connectivity index is 1.19. The molecule has 2 aromatic heterocycles. The van der Waals surface area contributed by atoms with E-state index in [0.29, 0.717) is 25.3 Å². The van der Waals surface area contributed by atoms with Crippen molar-refractivity contribution in [3.63, 3.8) is 0 Å². The Bertz CT molecular complexity index is 1190. The van der Waals surface area contributed by atoms with Crippen LogP contribution in [-0.2, 0) is 16.0 Å². The lowest BCUT2D eigenvalue weighted by molar-refractivity contribution is -0.135. The van der Waals surface area contributed by atoms with Crippen molar-refractivity contribution in [3.05, 3.63) is 71.8 Å². The molecule has 2 amide bonds. The fourth-order valence-corrected chi connectivity index (χ4v) is 5.45. The van der Waals surface area contributed by atoms with E-state index in [1.807, 2.05) is 23.2 Å². The fraction of sp³-hybridized carbons (Fsp3) is 0.292. The maximum Gasteiger partial charge on any atom is 0.246 e. The van der Waals surface area contributed by atoms with Gasteiger partial charge in [0.15, 0.2) is 0 Å². The maximum atomic E-state index is 13.1. The van der Waals surface area contributed by atoms with Crippen LogP contribution in [0.4, 0.5) is 4.39 Å². The molecule has 0 saturated carbocycles. The molecule has 0 radical (unpaired) electrons. The van der Waals surface area contributed by atoms with Gasteiger partial charge in [-0.2, -0.15) is 0 Å². The zero-order valence-electron chi connectivity index (χ0n) is 17.4. The van der Waals surface area contributed by atoms with Gasteiger partial charge in [-0.05, 0) is 48.2 Å². The van der Waals surface area contributed by atoms with Gasteiger partial charge >= 0.3 is 0 Å². The van der Waals surface area contributed by atoms with Crippen LogP contribution in [0.3, 0.4) is 0 Å². The lowest BCUT2D eigenvalue weighted by Crippen LogP contribution is -2.55. The maximum absolute atomic E-state index is 13.1. The average molecular weight is 451 g/mol. The molecule has 6 nitrogen and oxygen atoms in total. The van der Waals surface area contributed by atoms with Crippen LogP contribution in [0.1, 0.15) is 17.5 Å². The number of nitrogens with one attached hydrogen (secondary N) is 2. The van der Waals surface area contributed by atoms with E-state index in [9.17, 15) is 14.0 Å². The van der Waals surface area contributed by atoms with Gasteiger partial charge in [0.2, 0.25) is 11.8 Å². The number of thioether (sulfide) groups is 1. The van der Waals surface area contributed by atoms with Gasteiger partial charge < -0.3 is 15.2 Å². The van der Waals surface area contributed by atoms with Crippen molar-refractivity contribution in [1.82, 2.24) is 20.2 Å². The van der Waals surface area contributed by atoms with E-state index in [-0.39, 0.29) is 22.9 Å². The van der Waals surface area contributed by atoms with Crippen LogP contribution in [0.5, 0.6) is 0 Å². The van der Waals surface area contributed by atoms with Crippen LogP contribution in [0.2, 0.25) is 0 Å². The Morgan fingerprint density at radius 2 is 2.09 bits per heavy atom. The lowest BCUT2D eigenvalue weighted by Gasteiger charge is -2.33. The minimum atomic E-state index is -0.510. The van der Waals surface area contributed by atoms with Crippen LogP contribution in [-0.4, -0.2) is 56.8 Å². The summed E-state index contributed by atoms with van der Waals surface area (Å²) in [5.41, 5.74) is 4.10. The minimum Gasteiger partial charge on any atom is -0.346 e. The summed E-state index contributed by atoms with van der Waals surface area (Å²) in [6, 6.07) is 9.65. The van der Waals surface area contributed by atoms with Gasteiger partial charge in [0.1, 0.15) is 17.5 Å². The van der Waals surface area contributed by atoms with Crippen molar-refractivity contribution in [2.45, 2.75) is 24.1 Å². The van der Waals surface area contributed by atoms with Gasteiger partial charge in [0.05, 0.1) is 5.25 Å². The van der Waals surface area contributed by atoms with E-state index >= 15 is 0 Å². The van der Waals surface area contributed by atoms with Crippen molar-refractivity contribution >= 4 is 40.2 Å². The smallest absolute Gasteiger partial charge is 0.246 e. The Labute approximate surface area is 189 Å². The number of pyridine rings is 1. The molecule has 1 saturated heterocycles. The second kappa shape index (κ2) is 8.78. The van der Waals surface area contributed by atoms with Gasteiger partial charge in [0, 0.05) is 42.2 Å². The first-order valence-electron chi connectivity index (χ1n) is 10.7. The van der Waals surface area contributed by atoms with E-state index in [1.54, 1.807) is 18.3 Å². The summed E-state index contributed by atoms with van der Waals surface area (Å²) >= 11 is 1.49. The summed E-state index contributed by atoms with van der Waals surface area (Å²) in [7, 11) is 0. The van der Waals surface area contributed by atoms with Crippen molar-refractivity contribution in [1.29, 1.82) is 0 Å². The first-order valence-corrected chi connectivity index (χ1v) is 11.7. The molecular weight excluding hydrogens is 427 g/mol. The van der Waals surface area contributed by atoms with Crippen LogP contribution >= 0.6 is 11.8 Å². The number of fused-ring (bicyclic) bond motifs is 1. The molecule has 1 aromatic carbocycles. The number of H-pyrrole nitrogens is 1. The summed E-state index contributed by atoms with van der Waals surface area (Å²) in [5, 5.41) is 3.71. The number of hydrogen-bond acceptors (Lipinski definition) is 4. The number of rotatable bonds is 4. The van der Waals surface area contributed by atoms with Gasteiger partial charge in [-0.1, -0.05) is 18.2 Å². The highest BCUT2D eigenvalue weighted by Crippen LogP contribution is 2.29. The van der Waals surface area contributed by atoms with E-state index in [4.69, 9.17) is 0 Å². The molecule has 2 aliphatic rings. The molecule has 2 N–H and O–H groups in total. The first kappa shape index (κ1) is 20.8. The number of carbonyl (C=O) groups excluding carboxylic acids is 2. The number of hydrogen-bond donors (Lipinski definition) is 2. The third-order valence-corrected chi connectivity index (χ3v) is 7.33. The average Bonchev–Trinajstić information content (AvgIpc) is 3.26. The third kappa shape index (κ3) is 4.14. The monoisotopic (exact) mass is 450 g/mol. The summed E-state index contributed by atoms with van der Waals surface area (Å²) in [4.78, 5) is 35.0. The predicted octanol–water partition coefficient (Wildman–Crippen LogP) is 3.16.